The molecule has 0 aliphatic carbocycles. The van der Waals surface area contributed by atoms with E-state index >= 15 is 0 Å². The number of carbonyl (C=O) groups is 1. The van der Waals surface area contributed by atoms with Gasteiger partial charge in [0.05, 0.1) is 5.56 Å². The third-order valence-electron chi connectivity index (χ3n) is 3.44. The van der Waals surface area contributed by atoms with E-state index in [-0.39, 0.29) is 16.7 Å². The van der Waals surface area contributed by atoms with Crippen LogP contribution in [0.5, 0.6) is 5.75 Å². The fraction of sp³-hybridized carbons (Fsp3) is 0.333. The highest BCUT2D eigenvalue weighted by Gasteiger charge is 2.24. The average molecular weight is 352 g/mol. The van der Waals surface area contributed by atoms with Gasteiger partial charge in [-0.3, -0.25) is 10.1 Å². The summed E-state index contributed by atoms with van der Waals surface area (Å²) < 4.78 is 17.9. The molecular formula is C15H16N2O4S2. The summed E-state index contributed by atoms with van der Waals surface area (Å²) in [6.45, 7) is 0.622. The van der Waals surface area contributed by atoms with Crippen molar-refractivity contribution in [1.82, 2.24) is 4.98 Å². The van der Waals surface area contributed by atoms with E-state index in [1.807, 2.05) is 0 Å². The number of anilines is 1. The van der Waals surface area contributed by atoms with E-state index in [0.29, 0.717) is 16.8 Å². The Morgan fingerprint density at radius 1 is 1.39 bits per heavy atom. The molecule has 1 amide bonds. The number of benzene rings is 1. The monoisotopic (exact) mass is 352 g/mol. The lowest BCUT2D eigenvalue weighted by Crippen LogP contribution is -2.24. The molecule has 0 radical (unpaired) electrons. The quantitative estimate of drug-likeness (QED) is 0.883. The zero-order valence-corrected chi connectivity index (χ0v) is 13.9. The Labute approximate surface area is 140 Å². The predicted molar refractivity (Wildman–Crippen MR) is 88.2 cm³/mol. The van der Waals surface area contributed by atoms with Gasteiger partial charge in [-0.05, 0) is 31.4 Å². The highest BCUT2D eigenvalue weighted by Crippen LogP contribution is 2.25. The molecular weight excluding hydrogens is 336 g/mol. The number of nitrogens with one attached hydrogen (secondary N) is 1. The Balaban J connectivity index is 1.68. The molecule has 2 N–H and O–H groups in total. The van der Waals surface area contributed by atoms with Crippen molar-refractivity contribution in [2.24, 2.45) is 0 Å². The normalized spacial score (nSPS) is 19.2. The molecule has 2 heterocycles. The fourth-order valence-electron chi connectivity index (χ4n) is 2.25. The lowest BCUT2D eigenvalue weighted by molar-refractivity contribution is 0.0693. The highest BCUT2D eigenvalue weighted by molar-refractivity contribution is 7.85. The van der Waals surface area contributed by atoms with Crippen molar-refractivity contribution < 1.29 is 18.8 Å². The van der Waals surface area contributed by atoms with Crippen molar-refractivity contribution >= 4 is 33.2 Å². The van der Waals surface area contributed by atoms with Crippen molar-refractivity contribution in [3.63, 3.8) is 0 Å². The maximum Gasteiger partial charge on any atom is 0.261 e. The average Bonchev–Trinajstić information content (AvgIpc) is 3.03. The van der Waals surface area contributed by atoms with Gasteiger partial charge in [-0.15, -0.1) is 11.3 Å². The van der Waals surface area contributed by atoms with E-state index < -0.39 is 16.7 Å². The first-order chi connectivity index (χ1) is 11.1. The van der Waals surface area contributed by atoms with Crippen molar-refractivity contribution in [1.29, 1.82) is 0 Å². The summed E-state index contributed by atoms with van der Waals surface area (Å²) in [5, 5.41) is 14.7. The number of phenols is 1. The number of hydrogen-bond donors (Lipinski definition) is 2. The molecule has 0 saturated carbocycles. The fourth-order valence-corrected chi connectivity index (χ4v) is 4.45. The molecule has 1 aliphatic heterocycles. The third kappa shape index (κ3) is 3.77. The topological polar surface area (TPSA) is 88.5 Å². The van der Waals surface area contributed by atoms with Gasteiger partial charge in [-0.25, -0.2) is 9.19 Å². The minimum atomic E-state index is -1.34. The van der Waals surface area contributed by atoms with Crippen LogP contribution in [-0.4, -0.2) is 32.2 Å². The van der Waals surface area contributed by atoms with Gasteiger partial charge >= 0.3 is 0 Å². The van der Waals surface area contributed by atoms with Gasteiger partial charge in [0.2, 0.25) is 0 Å². The van der Waals surface area contributed by atoms with Crippen molar-refractivity contribution in [3.05, 3.63) is 35.2 Å². The summed E-state index contributed by atoms with van der Waals surface area (Å²) in [5.74, 6) is -0.551. The molecule has 2 aromatic rings. The first-order valence-electron chi connectivity index (χ1n) is 7.22. The molecule has 1 saturated heterocycles. The summed E-state index contributed by atoms with van der Waals surface area (Å²) in [7, 11) is -1.34. The van der Waals surface area contributed by atoms with Crippen molar-refractivity contribution in [2.75, 3.05) is 11.9 Å². The zero-order valence-electron chi connectivity index (χ0n) is 12.2. The lowest BCUT2D eigenvalue weighted by Gasteiger charge is -2.20. The van der Waals surface area contributed by atoms with Gasteiger partial charge in [-0.2, -0.15) is 0 Å². The number of hydrogen-bond acceptors (Lipinski definition) is 6. The third-order valence-corrected chi connectivity index (χ3v) is 5.81. The summed E-state index contributed by atoms with van der Waals surface area (Å²) in [6.07, 6.45) is 2.74. The SMILES string of the molecule is O=C(Nc1nc(S(=O)C2CCCCO2)cs1)c1ccccc1O. The number of aromatic nitrogens is 1. The minimum Gasteiger partial charge on any atom is -0.507 e. The van der Waals surface area contributed by atoms with Crippen LogP contribution in [0, 0.1) is 0 Å². The number of para-hydroxylation sites is 1. The Hall–Kier alpha value is -1.77. The van der Waals surface area contributed by atoms with Crippen LogP contribution in [0.3, 0.4) is 0 Å². The molecule has 1 aliphatic rings. The van der Waals surface area contributed by atoms with Crippen LogP contribution in [0.1, 0.15) is 29.6 Å². The Morgan fingerprint density at radius 2 is 2.22 bits per heavy atom. The molecule has 2 atom stereocenters. The summed E-state index contributed by atoms with van der Waals surface area (Å²) in [6, 6.07) is 6.27. The second kappa shape index (κ2) is 7.20. The number of amides is 1. The number of phenolic OH excluding ortho intramolecular Hbond substituents is 1. The van der Waals surface area contributed by atoms with E-state index in [9.17, 15) is 14.1 Å². The van der Waals surface area contributed by atoms with Gasteiger partial charge in [0.25, 0.3) is 5.91 Å². The predicted octanol–water partition coefficient (Wildman–Crippen LogP) is 2.74. The number of ether oxygens (including phenoxy) is 1. The van der Waals surface area contributed by atoms with E-state index in [4.69, 9.17) is 4.74 Å². The highest BCUT2D eigenvalue weighted by atomic mass is 32.2. The number of carbonyl (C=O) groups excluding carboxylic acids is 1. The van der Waals surface area contributed by atoms with Crippen LogP contribution >= 0.6 is 11.3 Å². The van der Waals surface area contributed by atoms with Crippen LogP contribution in [0.4, 0.5) is 5.13 Å². The molecule has 3 rings (SSSR count). The molecule has 1 aromatic carbocycles. The Bertz CT molecular complexity index is 726. The summed E-state index contributed by atoms with van der Waals surface area (Å²) in [5.41, 5.74) is -0.159. The van der Waals surface area contributed by atoms with Crippen LogP contribution < -0.4 is 5.32 Å². The molecule has 0 bridgehead atoms. The molecule has 23 heavy (non-hydrogen) atoms. The molecule has 122 valence electrons. The van der Waals surface area contributed by atoms with Gasteiger partial charge in [-0.1, -0.05) is 12.1 Å². The number of rotatable bonds is 4. The lowest BCUT2D eigenvalue weighted by atomic mass is 10.2. The van der Waals surface area contributed by atoms with Crippen molar-refractivity contribution in [2.45, 2.75) is 29.7 Å². The smallest absolute Gasteiger partial charge is 0.261 e. The molecule has 6 nitrogen and oxygen atoms in total. The Kier molecular flexibility index (Phi) is 5.04. The summed E-state index contributed by atoms with van der Waals surface area (Å²) >= 11 is 1.20. The number of thiazole rings is 1. The molecule has 2 unspecified atom stereocenters. The van der Waals surface area contributed by atoms with Crippen LogP contribution in [-0.2, 0) is 15.5 Å². The van der Waals surface area contributed by atoms with E-state index in [1.165, 1.54) is 23.5 Å². The minimum absolute atomic E-state index is 0.0963. The second-order valence-corrected chi connectivity index (χ2v) is 7.45. The van der Waals surface area contributed by atoms with Crippen molar-refractivity contribution in [3.8, 4) is 5.75 Å². The molecule has 1 aromatic heterocycles. The van der Waals surface area contributed by atoms with Gasteiger partial charge in [0.1, 0.15) is 27.0 Å². The first-order valence-corrected chi connectivity index (χ1v) is 9.31. The number of aromatic hydroxyl groups is 1. The van der Waals surface area contributed by atoms with Gasteiger partial charge < -0.3 is 9.84 Å². The summed E-state index contributed by atoms with van der Waals surface area (Å²) in [4.78, 5) is 16.3. The van der Waals surface area contributed by atoms with Crippen LogP contribution in [0.2, 0.25) is 0 Å². The van der Waals surface area contributed by atoms with Gasteiger partial charge in [0.15, 0.2) is 5.13 Å². The first kappa shape index (κ1) is 16.1. The standard InChI is InChI=1S/C15H16N2O4S2/c18-11-6-2-1-5-10(11)14(19)17-15-16-12(9-22-15)23(20)13-7-3-4-8-21-13/h1-2,5-6,9,13,18H,3-4,7-8H2,(H,16,17,19). The van der Waals surface area contributed by atoms with Gasteiger partial charge in [0, 0.05) is 12.0 Å². The number of nitrogens with zero attached hydrogens (tertiary/aromatic N) is 1. The zero-order chi connectivity index (χ0) is 16.2. The van der Waals surface area contributed by atoms with E-state index in [0.717, 1.165) is 19.3 Å². The maximum absolute atomic E-state index is 12.4. The van der Waals surface area contributed by atoms with Crippen LogP contribution in [0.25, 0.3) is 0 Å². The largest absolute Gasteiger partial charge is 0.507 e. The molecule has 1 fully saturated rings. The maximum atomic E-state index is 12.4. The van der Waals surface area contributed by atoms with Crippen LogP contribution in [0.15, 0.2) is 34.7 Å². The Morgan fingerprint density at radius 3 is 2.96 bits per heavy atom. The molecule has 0 spiro atoms. The molecule has 8 heteroatoms. The van der Waals surface area contributed by atoms with E-state index in [2.05, 4.69) is 10.3 Å². The second-order valence-electron chi connectivity index (χ2n) is 5.06. The van der Waals surface area contributed by atoms with E-state index in [1.54, 1.807) is 17.5 Å².